The second kappa shape index (κ2) is 4.74. The van der Waals surface area contributed by atoms with Crippen molar-refractivity contribution in [2.75, 3.05) is 0 Å². The molecule has 4 heteroatoms. The number of rotatable bonds is 2. The second-order valence-electron chi connectivity index (χ2n) is 4.56. The van der Waals surface area contributed by atoms with Crippen LogP contribution < -0.4 is 11.3 Å². The molecular formula is C14H17N3O. The Bertz CT molecular complexity index is 614. The van der Waals surface area contributed by atoms with Crippen molar-refractivity contribution in [1.29, 1.82) is 0 Å². The van der Waals surface area contributed by atoms with Gasteiger partial charge in [-0.25, -0.2) is 4.68 Å². The van der Waals surface area contributed by atoms with Crippen LogP contribution in [0.1, 0.15) is 28.4 Å². The van der Waals surface area contributed by atoms with Crippen molar-refractivity contribution in [3.63, 3.8) is 0 Å². The molecule has 1 heterocycles. The lowest BCUT2D eigenvalue weighted by Crippen LogP contribution is -2.29. The number of aryl methyl sites for hydroxylation is 3. The molecule has 0 aliphatic rings. The monoisotopic (exact) mass is 243 g/mol. The summed E-state index contributed by atoms with van der Waals surface area (Å²) in [7, 11) is 1.64. The van der Waals surface area contributed by atoms with E-state index in [2.05, 4.69) is 5.10 Å². The molecule has 0 bridgehead atoms. The van der Waals surface area contributed by atoms with Gasteiger partial charge in [-0.3, -0.25) is 4.79 Å². The zero-order chi connectivity index (χ0) is 13.3. The summed E-state index contributed by atoms with van der Waals surface area (Å²) in [6.45, 7) is 3.87. The molecule has 2 rings (SSSR count). The first-order valence-corrected chi connectivity index (χ1v) is 5.86. The highest BCUT2D eigenvalue weighted by molar-refractivity contribution is 5.32. The Labute approximate surface area is 106 Å². The van der Waals surface area contributed by atoms with Crippen LogP contribution in [-0.4, -0.2) is 9.78 Å². The highest BCUT2D eigenvalue weighted by atomic mass is 16.1. The van der Waals surface area contributed by atoms with Crippen LogP contribution in [0.15, 0.2) is 35.1 Å². The SMILES string of the molecule is Cc1ccc(C(N)c2cc(C)nn(C)c2=O)cc1. The number of hydrogen-bond acceptors (Lipinski definition) is 3. The molecule has 2 aromatic rings. The molecule has 0 aliphatic carbocycles. The lowest BCUT2D eigenvalue weighted by atomic mass is 10.00. The molecule has 4 nitrogen and oxygen atoms in total. The molecule has 0 aliphatic heterocycles. The predicted octanol–water partition coefficient (Wildman–Crippen LogP) is 1.45. The molecule has 2 N–H and O–H groups in total. The maximum atomic E-state index is 12.0. The maximum absolute atomic E-state index is 12.0. The molecule has 1 aromatic carbocycles. The largest absolute Gasteiger partial charge is 0.320 e. The Morgan fingerprint density at radius 2 is 1.83 bits per heavy atom. The predicted molar refractivity (Wildman–Crippen MR) is 71.4 cm³/mol. The van der Waals surface area contributed by atoms with Crippen molar-refractivity contribution in [2.45, 2.75) is 19.9 Å². The maximum Gasteiger partial charge on any atom is 0.271 e. The van der Waals surface area contributed by atoms with E-state index in [-0.39, 0.29) is 5.56 Å². The normalized spacial score (nSPS) is 12.4. The minimum Gasteiger partial charge on any atom is -0.320 e. The van der Waals surface area contributed by atoms with Gasteiger partial charge in [0, 0.05) is 12.6 Å². The summed E-state index contributed by atoms with van der Waals surface area (Å²) >= 11 is 0. The number of nitrogens with zero attached hydrogens (tertiary/aromatic N) is 2. The average molecular weight is 243 g/mol. The van der Waals surface area contributed by atoms with Crippen LogP contribution >= 0.6 is 0 Å². The van der Waals surface area contributed by atoms with Crippen LogP contribution in [-0.2, 0) is 7.05 Å². The number of benzene rings is 1. The standard InChI is InChI=1S/C14H17N3O/c1-9-4-6-11(7-5-9)13(15)12-8-10(2)16-17(3)14(12)18/h4-8,13H,15H2,1-3H3. The van der Waals surface area contributed by atoms with Crippen LogP contribution in [0.25, 0.3) is 0 Å². The van der Waals surface area contributed by atoms with Crippen molar-refractivity contribution in [2.24, 2.45) is 12.8 Å². The van der Waals surface area contributed by atoms with Crippen molar-refractivity contribution in [3.05, 3.63) is 63.1 Å². The Morgan fingerprint density at radius 3 is 2.44 bits per heavy atom. The number of nitrogens with two attached hydrogens (primary N) is 1. The highest BCUT2D eigenvalue weighted by Gasteiger charge is 2.14. The summed E-state index contributed by atoms with van der Waals surface area (Å²) < 4.78 is 1.33. The van der Waals surface area contributed by atoms with Crippen LogP contribution in [0.4, 0.5) is 0 Å². The molecule has 94 valence electrons. The van der Waals surface area contributed by atoms with Crippen LogP contribution in [0.5, 0.6) is 0 Å². The molecule has 0 fully saturated rings. The quantitative estimate of drug-likeness (QED) is 0.868. The summed E-state index contributed by atoms with van der Waals surface area (Å²) in [5.74, 6) is 0. The van der Waals surface area contributed by atoms with Gasteiger partial charge in [0.15, 0.2) is 0 Å². The topological polar surface area (TPSA) is 60.9 Å². The van der Waals surface area contributed by atoms with E-state index in [0.29, 0.717) is 5.56 Å². The Kier molecular flexibility index (Phi) is 3.30. The van der Waals surface area contributed by atoms with Crippen LogP contribution in [0.3, 0.4) is 0 Å². The zero-order valence-electron chi connectivity index (χ0n) is 10.8. The molecule has 0 saturated carbocycles. The van der Waals surface area contributed by atoms with E-state index in [1.165, 1.54) is 10.2 Å². The molecule has 0 saturated heterocycles. The molecular weight excluding hydrogens is 226 g/mol. The summed E-state index contributed by atoms with van der Waals surface area (Å²) in [4.78, 5) is 12.0. The minimum atomic E-state index is -0.411. The minimum absolute atomic E-state index is 0.145. The second-order valence-corrected chi connectivity index (χ2v) is 4.56. The fourth-order valence-electron chi connectivity index (χ4n) is 1.96. The lowest BCUT2D eigenvalue weighted by Gasteiger charge is -2.13. The molecule has 1 unspecified atom stereocenters. The van der Waals surface area contributed by atoms with Gasteiger partial charge in [-0.15, -0.1) is 0 Å². The van der Waals surface area contributed by atoms with Gasteiger partial charge in [-0.05, 0) is 25.5 Å². The third kappa shape index (κ3) is 2.33. The van der Waals surface area contributed by atoms with Gasteiger partial charge in [-0.2, -0.15) is 5.10 Å². The van der Waals surface area contributed by atoms with Gasteiger partial charge in [0.2, 0.25) is 0 Å². The van der Waals surface area contributed by atoms with Gasteiger partial charge in [-0.1, -0.05) is 29.8 Å². The third-order valence-corrected chi connectivity index (χ3v) is 2.98. The summed E-state index contributed by atoms with van der Waals surface area (Å²) in [5, 5.41) is 4.07. The molecule has 1 atom stereocenters. The molecule has 1 aromatic heterocycles. The Hall–Kier alpha value is -1.94. The lowest BCUT2D eigenvalue weighted by molar-refractivity contribution is 0.666. The molecule has 0 spiro atoms. The fourth-order valence-corrected chi connectivity index (χ4v) is 1.96. The van der Waals surface area contributed by atoms with Crippen molar-refractivity contribution < 1.29 is 0 Å². The van der Waals surface area contributed by atoms with Crippen molar-refractivity contribution in [3.8, 4) is 0 Å². The fraction of sp³-hybridized carbons (Fsp3) is 0.286. The van der Waals surface area contributed by atoms with E-state index < -0.39 is 6.04 Å². The van der Waals surface area contributed by atoms with Gasteiger partial charge >= 0.3 is 0 Å². The Morgan fingerprint density at radius 1 is 1.22 bits per heavy atom. The van der Waals surface area contributed by atoms with Crippen molar-refractivity contribution in [1.82, 2.24) is 9.78 Å². The molecule has 18 heavy (non-hydrogen) atoms. The first-order valence-electron chi connectivity index (χ1n) is 5.86. The zero-order valence-corrected chi connectivity index (χ0v) is 10.8. The summed E-state index contributed by atoms with van der Waals surface area (Å²) in [6.07, 6.45) is 0. The van der Waals surface area contributed by atoms with Gasteiger partial charge < -0.3 is 5.73 Å². The number of aromatic nitrogens is 2. The van der Waals surface area contributed by atoms with E-state index in [1.807, 2.05) is 38.1 Å². The van der Waals surface area contributed by atoms with Gasteiger partial charge in [0.1, 0.15) is 0 Å². The van der Waals surface area contributed by atoms with E-state index in [9.17, 15) is 4.79 Å². The van der Waals surface area contributed by atoms with Gasteiger partial charge in [0.25, 0.3) is 5.56 Å². The third-order valence-electron chi connectivity index (χ3n) is 2.98. The van der Waals surface area contributed by atoms with E-state index in [4.69, 9.17) is 5.73 Å². The smallest absolute Gasteiger partial charge is 0.271 e. The average Bonchev–Trinajstić information content (AvgIpc) is 2.34. The van der Waals surface area contributed by atoms with Crippen LogP contribution in [0.2, 0.25) is 0 Å². The van der Waals surface area contributed by atoms with E-state index >= 15 is 0 Å². The Balaban J connectivity index is 2.49. The summed E-state index contributed by atoms with van der Waals surface area (Å²) in [5.41, 5.74) is 9.49. The van der Waals surface area contributed by atoms with Crippen molar-refractivity contribution >= 4 is 0 Å². The highest BCUT2D eigenvalue weighted by Crippen LogP contribution is 2.17. The first-order chi connectivity index (χ1) is 8.49. The number of hydrogen-bond donors (Lipinski definition) is 1. The molecule has 0 amide bonds. The summed E-state index contributed by atoms with van der Waals surface area (Å²) in [6, 6.07) is 9.24. The van der Waals surface area contributed by atoms with E-state index in [0.717, 1.165) is 11.3 Å². The molecule has 0 radical (unpaired) electrons. The van der Waals surface area contributed by atoms with E-state index in [1.54, 1.807) is 13.1 Å². The van der Waals surface area contributed by atoms with Gasteiger partial charge in [0.05, 0.1) is 11.7 Å². The van der Waals surface area contributed by atoms with Crippen LogP contribution in [0, 0.1) is 13.8 Å². The first kappa shape index (κ1) is 12.5.